The topological polar surface area (TPSA) is 9.23 Å². The molecule has 76 valence electrons. The van der Waals surface area contributed by atoms with Gasteiger partial charge in [-0.05, 0) is 33.3 Å². The Morgan fingerprint density at radius 2 is 1.77 bits per heavy atom. The molecule has 0 saturated carbocycles. The molecule has 0 aliphatic heterocycles. The van der Waals surface area contributed by atoms with Gasteiger partial charge in [0.1, 0.15) is 0 Å². The van der Waals surface area contributed by atoms with Crippen molar-refractivity contribution in [3.8, 4) is 0 Å². The van der Waals surface area contributed by atoms with Crippen LogP contribution in [0.3, 0.4) is 0 Å². The van der Waals surface area contributed by atoms with E-state index in [4.69, 9.17) is 4.74 Å². The molecule has 0 aromatic carbocycles. The first-order valence-electron chi connectivity index (χ1n) is 5.21. The summed E-state index contributed by atoms with van der Waals surface area (Å²) in [6.45, 7) is 10.3. The normalized spacial score (nSPS) is 15.5. The van der Waals surface area contributed by atoms with E-state index in [0.29, 0.717) is 6.10 Å². The first kappa shape index (κ1) is 12.3. The zero-order chi connectivity index (χ0) is 10.3. The van der Waals surface area contributed by atoms with Crippen LogP contribution in [0.5, 0.6) is 0 Å². The Kier molecular flexibility index (Phi) is 6.38. The average molecular weight is 182 g/mol. The molecule has 1 heteroatoms. The van der Waals surface area contributed by atoms with Crippen molar-refractivity contribution in [3.63, 3.8) is 0 Å². The Morgan fingerprint density at radius 1 is 1.15 bits per heavy atom. The molecule has 0 aromatic heterocycles. The van der Waals surface area contributed by atoms with Gasteiger partial charge in [0, 0.05) is 6.42 Å². The molecule has 1 rings (SSSR count). The highest BCUT2D eigenvalue weighted by Gasteiger charge is 2.04. The van der Waals surface area contributed by atoms with Crippen LogP contribution in [0.4, 0.5) is 0 Å². The lowest BCUT2D eigenvalue weighted by Crippen LogP contribution is -2.04. The Morgan fingerprint density at radius 3 is 2.15 bits per heavy atom. The van der Waals surface area contributed by atoms with Gasteiger partial charge >= 0.3 is 0 Å². The molecular formula is C12H22O. The molecule has 1 aliphatic rings. The van der Waals surface area contributed by atoms with Gasteiger partial charge in [-0.3, -0.25) is 0 Å². The second-order valence-corrected chi connectivity index (χ2v) is 3.31. The molecule has 0 atom stereocenters. The smallest absolute Gasteiger partial charge is 0.0966 e. The van der Waals surface area contributed by atoms with E-state index >= 15 is 0 Å². The third-order valence-corrected chi connectivity index (χ3v) is 1.71. The summed E-state index contributed by atoms with van der Waals surface area (Å²) in [5, 5.41) is 0. The first-order chi connectivity index (χ1) is 6.18. The second kappa shape index (κ2) is 6.76. The van der Waals surface area contributed by atoms with Crippen LogP contribution in [0, 0.1) is 0 Å². The summed E-state index contributed by atoms with van der Waals surface area (Å²) in [6, 6.07) is 0. The van der Waals surface area contributed by atoms with Gasteiger partial charge in [0.2, 0.25) is 0 Å². The number of hydrogen-bond donors (Lipinski definition) is 0. The van der Waals surface area contributed by atoms with Gasteiger partial charge in [0.25, 0.3) is 0 Å². The Balaban J connectivity index is 0.000000671. The summed E-state index contributed by atoms with van der Waals surface area (Å²) < 4.78 is 5.56. The van der Waals surface area contributed by atoms with Crippen molar-refractivity contribution in [2.24, 2.45) is 0 Å². The summed E-state index contributed by atoms with van der Waals surface area (Å²) in [4.78, 5) is 0. The van der Waals surface area contributed by atoms with Crippen molar-refractivity contribution in [1.82, 2.24) is 0 Å². The monoisotopic (exact) mass is 182 g/mol. The fraction of sp³-hybridized carbons (Fsp3) is 0.667. The maximum atomic E-state index is 5.56. The fourth-order valence-electron chi connectivity index (χ4n) is 1.12. The Labute approximate surface area is 82.5 Å². The van der Waals surface area contributed by atoms with Gasteiger partial charge in [-0.25, -0.2) is 0 Å². The van der Waals surface area contributed by atoms with Gasteiger partial charge in [-0.2, -0.15) is 0 Å². The van der Waals surface area contributed by atoms with Crippen LogP contribution in [-0.2, 0) is 4.74 Å². The highest BCUT2D eigenvalue weighted by atomic mass is 16.5. The summed E-state index contributed by atoms with van der Waals surface area (Å²) in [7, 11) is 0. The standard InChI is InChI=1S/C10H16O.C2H6/c1-8(2)11-10-6-4-9(3)5-7-10;1-2/h4,6,8H,5,7H2,1-3H3;1-2H3. The maximum absolute atomic E-state index is 5.56. The highest BCUT2D eigenvalue weighted by Crippen LogP contribution is 2.19. The van der Waals surface area contributed by atoms with E-state index in [1.165, 1.54) is 5.57 Å². The SMILES string of the molecule is CC.CC1=CC=C(OC(C)C)CC1. The molecule has 0 unspecified atom stereocenters. The predicted molar refractivity (Wildman–Crippen MR) is 58.6 cm³/mol. The van der Waals surface area contributed by atoms with Gasteiger partial charge in [-0.15, -0.1) is 0 Å². The lowest BCUT2D eigenvalue weighted by atomic mass is 10.1. The van der Waals surface area contributed by atoms with E-state index in [1.807, 2.05) is 13.8 Å². The van der Waals surface area contributed by atoms with Crippen LogP contribution in [-0.4, -0.2) is 6.10 Å². The molecule has 1 nitrogen and oxygen atoms in total. The third-order valence-electron chi connectivity index (χ3n) is 1.71. The van der Waals surface area contributed by atoms with Crippen molar-refractivity contribution in [2.75, 3.05) is 0 Å². The zero-order valence-electron chi connectivity index (χ0n) is 9.55. The molecule has 13 heavy (non-hydrogen) atoms. The van der Waals surface area contributed by atoms with Gasteiger partial charge in [0.05, 0.1) is 11.9 Å². The van der Waals surface area contributed by atoms with Crippen molar-refractivity contribution in [2.45, 2.75) is 53.6 Å². The van der Waals surface area contributed by atoms with E-state index in [-0.39, 0.29) is 0 Å². The van der Waals surface area contributed by atoms with Crippen LogP contribution in [0.15, 0.2) is 23.5 Å². The van der Waals surface area contributed by atoms with E-state index in [2.05, 4.69) is 32.9 Å². The molecule has 0 heterocycles. The molecule has 0 bridgehead atoms. The minimum atomic E-state index is 0.313. The van der Waals surface area contributed by atoms with Crippen LogP contribution < -0.4 is 0 Å². The number of hydrogen-bond acceptors (Lipinski definition) is 1. The summed E-state index contributed by atoms with van der Waals surface area (Å²) in [5.74, 6) is 1.13. The van der Waals surface area contributed by atoms with E-state index in [9.17, 15) is 0 Å². The molecule has 0 N–H and O–H groups in total. The fourth-order valence-corrected chi connectivity index (χ4v) is 1.12. The average Bonchev–Trinajstić information content (AvgIpc) is 2.12. The molecule has 0 saturated heterocycles. The second-order valence-electron chi connectivity index (χ2n) is 3.31. The molecule has 0 amide bonds. The first-order valence-corrected chi connectivity index (χ1v) is 5.21. The number of ether oxygens (including phenoxy) is 1. The van der Waals surface area contributed by atoms with Crippen molar-refractivity contribution < 1.29 is 4.74 Å². The quantitative estimate of drug-likeness (QED) is 0.625. The Bertz CT molecular complexity index is 187. The maximum Gasteiger partial charge on any atom is 0.0966 e. The zero-order valence-corrected chi connectivity index (χ0v) is 9.55. The summed E-state index contributed by atoms with van der Waals surface area (Å²) in [6.07, 6.45) is 6.76. The minimum Gasteiger partial charge on any atom is -0.495 e. The van der Waals surface area contributed by atoms with Crippen LogP contribution in [0.1, 0.15) is 47.5 Å². The predicted octanol–water partition coefficient (Wildman–Crippen LogP) is 4.06. The van der Waals surface area contributed by atoms with Crippen molar-refractivity contribution in [3.05, 3.63) is 23.5 Å². The molecule has 0 fully saturated rings. The largest absolute Gasteiger partial charge is 0.495 e. The van der Waals surface area contributed by atoms with Crippen molar-refractivity contribution >= 4 is 0 Å². The van der Waals surface area contributed by atoms with Crippen LogP contribution in [0.25, 0.3) is 0 Å². The molecule has 0 spiro atoms. The van der Waals surface area contributed by atoms with E-state index < -0.39 is 0 Å². The summed E-state index contributed by atoms with van der Waals surface area (Å²) in [5.41, 5.74) is 1.45. The third kappa shape index (κ3) is 5.51. The number of allylic oxidation sites excluding steroid dienone is 4. The van der Waals surface area contributed by atoms with Gasteiger partial charge in [-0.1, -0.05) is 25.5 Å². The van der Waals surface area contributed by atoms with E-state index in [1.54, 1.807) is 0 Å². The lowest BCUT2D eigenvalue weighted by Gasteiger charge is -2.16. The Hall–Kier alpha value is -0.720. The van der Waals surface area contributed by atoms with Gasteiger partial charge < -0.3 is 4.74 Å². The molecule has 1 aliphatic carbocycles. The minimum absolute atomic E-state index is 0.313. The molecule has 0 radical (unpaired) electrons. The van der Waals surface area contributed by atoms with Crippen molar-refractivity contribution in [1.29, 1.82) is 0 Å². The molecular weight excluding hydrogens is 160 g/mol. The lowest BCUT2D eigenvalue weighted by molar-refractivity contribution is 0.139. The summed E-state index contributed by atoms with van der Waals surface area (Å²) >= 11 is 0. The van der Waals surface area contributed by atoms with Crippen LogP contribution in [0.2, 0.25) is 0 Å². The number of rotatable bonds is 2. The molecule has 0 aromatic rings. The van der Waals surface area contributed by atoms with Gasteiger partial charge in [0.15, 0.2) is 0 Å². The van der Waals surface area contributed by atoms with Crippen LogP contribution >= 0.6 is 0 Å². The highest BCUT2D eigenvalue weighted by molar-refractivity contribution is 5.19. The van der Waals surface area contributed by atoms with E-state index in [0.717, 1.165) is 18.6 Å².